The third kappa shape index (κ3) is 5.83. The van der Waals surface area contributed by atoms with Crippen LogP contribution in [-0.2, 0) is 11.4 Å². The number of carbonyl (C=O) groups is 1. The van der Waals surface area contributed by atoms with Gasteiger partial charge in [0.2, 0.25) is 0 Å². The zero-order chi connectivity index (χ0) is 26.7. The Labute approximate surface area is 215 Å². The number of carboxylic acids is 1. The summed E-state index contributed by atoms with van der Waals surface area (Å²) in [6.07, 6.45) is 2.30. The molecule has 0 saturated carbocycles. The third-order valence-electron chi connectivity index (χ3n) is 6.79. The highest BCUT2D eigenvalue weighted by Crippen LogP contribution is 2.47. The Hall–Kier alpha value is -3.71. The second-order valence-corrected chi connectivity index (χ2v) is 9.85. The van der Waals surface area contributed by atoms with Gasteiger partial charge in [-0.15, -0.1) is 0 Å². The fourth-order valence-corrected chi connectivity index (χ4v) is 4.73. The molecule has 3 aromatic rings. The van der Waals surface area contributed by atoms with Gasteiger partial charge < -0.3 is 19.7 Å². The van der Waals surface area contributed by atoms with Crippen LogP contribution in [0.1, 0.15) is 55.9 Å². The van der Waals surface area contributed by atoms with E-state index in [0.29, 0.717) is 28.2 Å². The minimum atomic E-state index is -1.18. The van der Waals surface area contributed by atoms with E-state index in [0.717, 1.165) is 24.0 Å². The van der Waals surface area contributed by atoms with Crippen molar-refractivity contribution in [2.75, 3.05) is 7.11 Å². The van der Waals surface area contributed by atoms with Gasteiger partial charge in [-0.2, -0.15) is 0 Å². The average Bonchev–Trinajstić information content (AvgIpc) is 3.22. The zero-order valence-electron chi connectivity index (χ0n) is 21.1. The van der Waals surface area contributed by atoms with Gasteiger partial charge in [0.15, 0.2) is 0 Å². The number of methoxy groups -OCH3 is 1. The van der Waals surface area contributed by atoms with Crippen molar-refractivity contribution in [3.63, 3.8) is 0 Å². The monoisotopic (exact) mass is 508 g/mol. The molecule has 1 aliphatic rings. The highest BCUT2D eigenvalue weighted by atomic mass is 19.1. The van der Waals surface area contributed by atoms with Crippen molar-refractivity contribution in [2.24, 2.45) is 5.41 Å². The fourth-order valence-electron chi connectivity index (χ4n) is 4.73. The van der Waals surface area contributed by atoms with Gasteiger partial charge >= 0.3 is 5.97 Å². The van der Waals surface area contributed by atoms with Gasteiger partial charge in [-0.25, -0.2) is 8.78 Å². The normalized spacial score (nSPS) is 15.2. The molecular formula is C30H30F2O5. The molecule has 3 aromatic carbocycles. The number of halogens is 2. The van der Waals surface area contributed by atoms with Crippen LogP contribution in [-0.4, -0.2) is 23.3 Å². The number of allylic oxidation sites excluding steroid dienone is 2. The predicted octanol–water partition coefficient (Wildman–Crippen LogP) is 6.93. The summed E-state index contributed by atoms with van der Waals surface area (Å²) in [7, 11) is 1.50. The van der Waals surface area contributed by atoms with Crippen LogP contribution in [0.3, 0.4) is 0 Å². The summed E-state index contributed by atoms with van der Waals surface area (Å²) < 4.78 is 41.5. The van der Waals surface area contributed by atoms with E-state index in [4.69, 9.17) is 14.6 Å². The number of aliphatic hydroxyl groups excluding tert-OH is 1. The van der Waals surface area contributed by atoms with Crippen LogP contribution in [0.4, 0.5) is 8.78 Å². The van der Waals surface area contributed by atoms with Crippen molar-refractivity contribution in [3.8, 4) is 22.6 Å². The lowest BCUT2D eigenvalue weighted by molar-refractivity contribution is -0.139. The van der Waals surface area contributed by atoms with E-state index in [-0.39, 0.29) is 17.6 Å². The van der Waals surface area contributed by atoms with Crippen molar-refractivity contribution < 1.29 is 33.3 Å². The molecule has 0 amide bonds. The van der Waals surface area contributed by atoms with Gasteiger partial charge in [-0.1, -0.05) is 32.1 Å². The predicted molar refractivity (Wildman–Crippen MR) is 137 cm³/mol. The molecule has 0 heterocycles. The number of hydrogen-bond donors (Lipinski definition) is 2. The molecule has 1 aliphatic carbocycles. The third-order valence-corrected chi connectivity index (χ3v) is 6.79. The van der Waals surface area contributed by atoms with E-state index >= 15 is 4.39 Å². The summed E-state index contributed by atoms with van der Waals surface area (Å²) in [6.45, 7) is 4.13. The highest BCUT2D eigenvalue weighted by molar-refractivity contribution is 5.85. The molecule has 5 nitrogen and oxygen atoms in total. The van der Waals surface area contributed by atoms with Crippen molar-refractivity contribution in [1.82, 2.24) is 0 Å². The van der Waals surface area contributed by atoms with E-state index in [1.807, 2.05) is 0 Å². The quantitative estimate of drug-likeness (QED) is 0.328. The van der Waals surface area contributed by atoms with Crippen molar-refractivity contribution in [2.45, 2.75) is 45.8 Å². The maximum atomic E-state index is 15.4. The van der Waals surface area contributed by atoms with Gasteiger partial charge in [-0.05, 0) is 83.0 Å². The molecule has 0 bridgehead atoms. The molecule has 0 fully saturated rings. The summed E-state index contributed by atoms with van der Waals surface area (Å²) in [5.41, 5.74) is 2.96. The van der Waals surface area contributed by atoms with Crippen molar-refractivity contribution in [1.29, 1.82) is 0 Å². The lowest BCUT2D eigenvalue weighted by atomic mass is 9.79. The second-order valence-electron chi connectivity index (χ2n) is 9.85. The van der Waals surface area contributed by atoms with Gasteiger partial charge in [0.1, 0.15) is 29.7 Å². The summed E-state index contributed by atoms with van der Waals surface area (Å²) in [4.78, 5) is 10.9. The topological polar surface area (TPSA) is 76.0 Å². The lowest BCUT2D eigenvalue weighted by Crippen LogP contribution is -2.11. The number of benzene rings is 3. The molecule has 0 saturated heterocycles. The molecule has 0 aliphatic heterocycles. The Morgan fingerprint density at radius 1 is 1.00 bits per heavy atom. The standard InChI is InChI=1S/C30H30F2O5/c1-30(2)11-5-8-25(30)23-13-19(17-37-21-7-4-6-18(12-21)28(33)16-29(34)35)27(32)15-22(23)24-14-20(36-3)9-10-26(24)31/h4,6-10,12-15,28,33H,5,11,16-17H2,1-3H3,(H,34,35)/t28-/m1/s1. The van der Waals surface area contributed by atoms with Crippen molar-refractivity contribution >= 4 is 11.5 Å². The molecule has 0 aromatic heterocycles. The maximum absolute atomic E-state index is 15.4. The molecule has 2 N–H and O–H groups in total. The second kappa shape index (κ2) is 10.7. The smallest absolute Gasteiger partial charge is 0.306 e. The fraction of sp³-hybridized carbons (Fsp3) is 0.300. The minimum absolute atomic E-state index is 0.105. The number of aliphatic hydroxyl groups is 1. The number of aliphatic carboxylic acids is 1. The van der Waals surface area contributed by atoms with Crippen LogP contribution in [0.15, 0.2) is 60.7 Å². The summed E-state index contributed by atoms with van der Waals surface area (Å²) in [5, 5.41) is 19.0. The SMILES string of the molecule is COc1ccc(F)c(-c2cc(F)c(COc3cccc([C@H](O)CC(=O)O)c3)cc2C2=CCCC2(C)C)c1. The first-order valence-electron chi connectivity index (χ1n) is 12.1. The molecule has 7 heteroatoms. The summed E-state index contributed by atoms with van der Waals surface area (Å²) in [5.74, 6) is -1.30. The summed E-state index contributed by atoms with van der Waals surface area (Å²) >= 11 is 0. The van der Waals surface area contributed by atoms with Crippen LogP contribution in [0.25, 0.3) is 16.7 Å². The van der Waals surface area contributed by atoms with Gasteiger partial charge in [0.05, 0.1) is 19.6 Å². The molecule has 4 rings (SSSR count). The van der Waals surface area contributed by atoms with E-state index in [1.165, 1.54) is 31.4 Å². The van der Waals surface area contributed by atoms with Gasteiger partial charge in [0.25, 0.3) is 0 Å². The maximum Gasteiger partial charge on any atom is 0.306 e. The zero-order valence-corrected chi connectivity index (χ0v) is 21.1. The molecule has 1 atom stereocenters. The number of rotatable bonds is 9. The Morgan fingerprint density at radius 3 is 2.46 bits per heavy atom. The summed E-state index contributed by atoms with van der Waals surface area (Å²) in [6, 6.07) is 13.9. The number of ether oxygens (including phenoxy) is 2. The Morgan fingerprint density at radius 2 is 1.78 bits per heavy atom. The number of carboxylic acid groups (broad SMARTS) is 1. The lowest BCUT2D eigenvalue weighted by Gasteiger charge is -2.26. The van der Waals surface area contributed by atoms with Crippen LogP contribution < -0.4 is 9.47 Å². The van der Waals surface area contributed by atoms with E-state index in [2.05, 4.69) is 19.9 Å². The molecular weight excluding hydrogens is 478 g/mol. The Balaban J connectivity index is 1.71. The largest absolute Gasteiger partial charge is 0.497 e. The average molecular weight is 509 g/mol. The highest BCUT2D eigenvalue weighted by Gasteiger charge is 2.31. The number of hydrogen-bond acceptors (Lipinski definition) is 4. The van der Waals surface area contributed by atoms with Crippen LogP contribution >= 0.6 is 0 Å². The Bertz CT molecular complexity index is 1350. The van der Waals surface area contributed by atoms with Gasteiger partial charge in [-0.3, -0.25) is 4.79 Å². The molecule has 0 spiro atoms. The molecule has 0 unspecified atom stereocenters. The van der Waals surface area contributed by atoms with Crippen LogP contribution in [0.5, 0.6) is 11.5 Å². The van der Waals surface area contributed by atoms with E-state index in [1.54, 1.807) is 30.3 Å². The van der Waals surface area contributed by atoms with Crippen molar-refractivity contribution in [3.05, 3.63) is 89.0 Å². The minimum Gasteiger partial charge on any atom is -0.497 e. The first-order chi connectivity index (χ1) is 17.6. The molecule has 37 heavy (non-hydrogen) atoms. The van der Waals surface area contributed by atoms with Gasteiger partial charge in [0, 0.05) is 11.1 Å². The van der Waals surface area contributed by atoms with Crippen LogP contribution in [0, 0.1) is 17.0 Å². The Kier molecular flexibility index (Phi) is 7.64. The molecule has 194 valence electrons. The first kappa shape index (κ1) is 26.4. The molecule has 0 radical (unpaired) electrons. The van der Waals surface area contributed by atoms with E-state index in [9.17, 15) is 14.3 Å². The first-order valence-corrected chi connectivity index (χ1v) is 12.1. The van der Waals surface area contributed by atoms with Crippen LogP contribution in [0.2, 0.25) is 0 Å². The van der Waals surface area contributed by atoms with E-state index < -0.39 is 30.1 Å².